The maximum atomic E-state index is 5.81. The van der Waals surface area contributed by atoms with Gasteiger partial charge < -0.3 is 15.0 Å². The van der Waals surface area contributed by atoms with Crippen LogP contribution < -0.4 is 10.1 Å². The van der Waals surface area contributed by atoms with Crippen LogP contribution in [0.4, 0.5) is 0 Å². The van der Waals surface area contributed by atoms with Crippen LogP contribution in [0.25, 0.3) is 0 Å². The normalized spacial score (nSPS) is 21.3. The molecule has 2 fully saturated rings. The zero-order valence-electron chi connectivity index (χ0n) is 17.1. The van der Waals surface area contributed by atoms with E-state index in [9.17, 15) is 0 Å². The van der Waals surface area contributed by atoms with Crippen LogP contribution in [0, 0.1) is 11.8 Å². The summed E-state index contributed by atoms with van der Waals surface area (Å²) in [6, 6.07) is 14.1. The molecule has 2 atom stereocenters. The van der Waals surface area contributed by atoms with Gasteiger partial charge in [-0.1, -0.05) is 31.0 Å². The molecule has 5 nitrogen and oxygen atoms in total. The quantitative estimate of drug-likeness (QED) is 0.369. The molecule has 1 N–H and O–H groups in total. The summed E-state index contributed by atoms with van der Waals surface area (Å²) in [5.74, 6) is 3.62. The summed E-state index contributed by atoms with van der Waals surface area (Å²) in [6.07, 6.45) is 7.36. The maximum absolute atomic E-state index is 5.81. The molecule has 0 bridgehead atoms. The molecule has 1 saturated carbocycles. The van der Waals surface area contributed by atoms with Gasteiger partial charge in [0.2, 0.25) is 0 Å². The second kappa shape index (κ2) is 10.8. The van der Waals surface area contributed by atoms with Crippen LogP contribution in [0.2, 0.25) is 0 Å². The second-order valence-electron chi connectivity index (χ2n) is 7.86. The molecule has 1 aromatic carbocycles. The lowest BCUT2D eigenvalue weighted by Gasteiger charge is -2.22. The van der Waals surface area contributed by atoms with Crippen LogP contribution in [0.3, 0.4) is 0 Å². The maximum Gasteiger partial charge on any atom is 0.193 e. The summed E-state index contributed by atoms with van der Waals surface area (Å²) in [5, 5.41) is 3.54. The van der Waals surface area contributed by atoms with Gasteiger partial charge in [-0.2, -0.15) is 0 Å². The van der Waals surface area contributed by atoms with E-state index >= 15 is 0 Å². The van der Waals surface area contributed by atoms with Gasteiger partial charge in [0, 0.05) is 32.9 Å². The smallest absolute Gasteiger partial charge is 0.193 e. The van der Waals surface area contributed by atoms with Crippen molar-refractivity contribution < 1.29 is 4.74 Å². The van der Waals surface area contributed by atoms with Crippen molar-refractivity contribution in [3.8, 4) is 5.75 Å². The number of nitrogens with zero attached hydrogens (tertiary/aromatic N) is 3. The molecule has 6 heteroatoms. The number of rotatable bonds is 5. The van der Waals surface area contributed by atoms with Gasteiger partial charge in [-0.15, -0.1) is 24.0 Å². The summed E-state index contributed by atoms with van der Waals surface area (Å²) in [5.41, 5.74) is 2.16. The van der Waals surface area contributed by atoms with E-state index in [1.54, 1.807) is 6.20 Å². The third-order valence-corrected chi connectivity index (χ3v) is 5.97. The molecule has 0 spiro atoms. The Morgan fingerprint density at radius 2 is 1.83 bits per heavy atom. The van der Waals surface area contributed by atoms with Crippen molar-refractivity contribution in [3.63, 3.8) is 0 Å². The Balaban J connectivity index is 0.00000240. The minimum absolute atomic E-state index is 0. The number of ether oxygens (including phenoxy) is 1. The highest BCUT2D eigenvalue weighted by atomic mass is 127. The van der Waals surface area contributed by atoms with Gasteiger partial charge in [-0.3, -0.25) is 9.98 Å². The molecule has 1 aliphatic carbocycles. The van der Waals surface area contributed by atoms with E-state index in [0.29, 0.717) is 6.61 Å². The van der Waals surface area contributed by atoms with Crippen LogP contribution in [0.5, 0.6) is 5.75 Å². The Hall–Kier alpha value is -1.83. The number of fused-ring (bicyclic) bond motifs is 1. The first-order chi connectivity index (χ1) is 13.8. The fourth-order valence-electron chi connectivity index (χ4n) is 4.44. The zero-order chi connectivity index (χ0) is 19.2. The fourth-order valence-corrected chi connectivity index (χ4v) is 4.44. The van der Waals surface area contributed by atoms with Gasteiger partial charge >= 0.3 is 0 Å². The van der Waals surface area contributed by atoms with Crippen LogP contribution in [0.15, 0.2) is 53.7 Å². The van der Waals surface area contributed by atoms with E-state index in [2.05, 4.69) is 32.3 Å². The molecule has 2 unspecified atom stereocenters. The Bertz CT molecular complexity index is 767. The summed E-state index contributed by atoms with van der Waals surface area (Å²) in [6.45, 7) is 3.58. The highest BCUT2D eigenvalue weighted by Gasteiger charge is 2.35. The highest BCUT2D eigenvalue weighted by Crippen LogP contribution is 2.35. The number of aliphatic imine (C=N–C) groups is 1. The summed E-state index contributed by atoms with van der Waals surface area (Å²) < 4.78 is 5.81. The van der Waals surface area contributed by atoms with E-state index in [4.69, 9.17) is 4.74 Å². The predicted molar refractivity (Wildman–Crippen MR) is 128 cm³/mol. The number of benzene rings is 1. The average molecular weight is 506 g/mol. The van der Waals surface area contributed by atoms with Gasteiger partial charge in [0.15, 0.2) is 5.96 Å². The molecule has 0 radical (unpaired) electrons. The molecule has 1 saturated heterocycles. The molecule has 4 rings (SSSR count). The number of guanidine groups is 1. The number of pyridine rings is 1. The Labute approximate surface area is 191 Å². The number of likely N-dealkylation sites (tertiary alicyclic amines) is 1. The van der Waals surface area contributed by atoms with E-state index in [-0.39, 0.29) is 24.0 Å². The van der Waals surface area contributed by atoms with Gasteiger partial charge in [0.25, 0.3) is 0 Å². The topological polar surface area (TPSA) is 49.8 Å². The van der Waals surface area contributed by atoms with Crippen molar-refractivity contribution in [1.82, 2.24) is 15.2 Å². The molecule has 29 heavy (non-hydrogen) atoms. The standard InChI is InChI=1S/C23H30N4O.HI/c1-24-23(27-15-19-6-2-3-7-20(19)16-27)26-14-18-9-11-22(12-10-18)28-17-21-8-4-5-13-25-21;/h4-5,8-13,19-20H,2-3,6-7,14-17H2,1H3,(H,24,26);1H. The average Bonchev–Trinajstić information content (AvgIpc) is 3.18. The summed E-state index contributed by atoms with van der Waals surface area (Å²) in [7, 11) is 1.89. The minimum Gasteiger partial charge on any atom is -0.487 e. The van der Waals surface area contributed by atoms with Crippen LogP contribution >= 0.6 is 24.0 Å². The molecule has 2 aromatic rings. The largest absolute Gasteiger partial charge is 0.487 e. The summed E-state index contributed by atoms with van der Waals surface area (Å²) >= 11 is 0. The van der Waals surface area contributed by atoms with Gasteiger partial charge in [-0.05, 0) is 54.5 Å². The molecular weight excluding hydrogens is 475 g/mol. The Kier molecular flexibility index (Phi) is 8.15. The van der Waals surface area contributed by atoms with E-state index in [1.165, 1.54) is 31.2 Å². The molecule has 2 heterocycles. The molecule has 1 aromatic heterocycles. The van der Waals surface area contributed by atoms with Crippen LogP contribution in [-0.2, 0) is 13.2 Å². The van der Waals surface area contributed by atoms with Gasteiger partial charge in [0.1, 0.15) is 12.4 Å². The highest BCUT2D eigenvalue weighted by molar-refractivity contribution is 14.0. The SMILES string of the molecule is CN=C(NCc1ccc(OCc2ccccn2)cc1)N1CC2CCCCC2C1.I. The van der Waals surface area contributed by atoms with E-state index < -0.39 is 0 Å². The van der Waals surface area contributed by atoms with Crippen molar-refractivity contribution in [2.75, 3.05) is 20.1 Å². The number of hydrogen-bond donors (Lipinski definition) is 1. The van der Waals surface area contributed by atoms with Crippen molar-refractivity contribution in [3.05, 3.63) is 59.9 Å². The van der Waals surface area contributed by atoms with Crippen molar-refractivity contribution in [2.45, 2.75) is 38.8 Å². The number of nitrogens with one attached hydrogen (secondary N) is 1. The molecular formula is C23H31IN4O. The Morgan fingerprint density at radius 1 is 1.10 bits per heavy atom. The van der Waals surface area contributed by atoms with Gasteiger partial charge in [0.05, 0.1) is 5.69 Å². The molecule has 156 valence electrons. The third-order valence-electron chi connectivity index (χ3n) is 5.97. The molecule has 2 aliphatic rings. The number of hydrogen-bond acceptors (Lipinski definition) is 3. The fraction of sp³-hybridized carbons (Fsp3) is 0.478. The zero-order valence-corrected chi connectivity index (χ0v) is 19.4. The van der Waals surface area contributed by atoms with E-state index in [1.807, 2.05) is 37.4 Å². The number of aromatic nitrogens is 1. The monoisotopic (exact) mass is 506 g/mol. The van der Waals surface area contributed by atoms with Crippen LogP contribution in [0.1, 0.15) is 36.9 Å². The first-order valence-corrected chi connectivity index (χ1v) is 10.4. The van der Waals surface area contributed by atoms with Crippen molar-refractivity contribution in [2.24, 2.45) is 16.8 Å². The first-order valence-electron chi connectivity index (χ1n) is 10.4. The molecule has 0 amide bonds. The summed E-state index contributed by atoms with van der Waals surface area (Å²) in [4.78, 5) is 11.3. The lowest BCUT2D eigenvalue weighted by Crippen LogP contribution is -2.39. The van der Waals surface area contributed by atoms with Crippen molar-refractivity contribution >= 4 is 29.9 Å². The lowest BCUT2D eigenvalue weighted by molar-refractivity contribution is 0.299. The second-order valence-corrected chi connectivity index (χ2v) is 7.86. The Morgan fingerprint density at radius 3 is 2.45 bits per heavy atom. The first kappa shape index (κ1) is 21.9. The third kappa shape index (κ3) is 5.84. The van der Waals surface area contributed by atoms with Crippen LogP contribution in [-0.4, -0.2) is 36.0 Å². The predicted octanol–water partition coefficient (Wildman–Crippen LogP) is 4.48. The minimum atomic E-state index is 0. The van der Waals surface area contributed by atoms with E-state index in [0.717, 1.165) is 48.9 Å². The van der Waals surface area contributed by atoms with Crippen molar-refractivity contribution in [1.29, 1.82) is 0 Å². The molecule has 1 aliphatic heterocycles. The van der Waals surface area contributed by atoms with Gasteiger partial charge in [-0.25, -0.2) is 0 Å². The number of halogens is 1. The lowest BCUT2D eigenvalue weighted by atomic mass is 9.82.